The van der Waals surface area contributed by atoms with Crippen LogP contribution >= 0.6 is 0 Å². The Kier molecular flexibility index (Phi) is 11.8. The van der Waals surface area contributed by atoms with Gasteiger partial charge in [0, 0.05) is 42.2 Å². The lowest BCUT2D eigenvalue weighted by atomic mass is 10.0. The number of allylic oxidation sites excluding steroid dienone is 1. The van der Waals surface area contributed by atoms with E-state index in [9.17, 15) is 41.9 Å². The van der Waals surface area contributed by atoms with Crippen LogP contribution in [0.25, 0.3) is 22.3 Å². The van der Waals surface area contributed by atoms with Gasteiger partial charge in [-0.1, -0.05) is 18.2 Å². The zero-order valence-electron chi connectivity index (χ0n) is 30.8. The van der Waals surface area contributed by atoms with E-state index in [-0.39, 0.29) is 47.2 Å². The first kappa shape index (κ1) is 40.2. The van der Waals surface area contributed by atoms with Crippen LogP contribution in [-0.4, -0.2) is 75.0 Å². The Balaban J connectivity index is 1.36. The van der Waals surface area contributed by atoms with Crippen LogP contribution in [0.5, 0.6) is 0 Å². The van der Waals surface area contributed by atoms with Crippen molar-refractivity contribution in [3.63, 3.8) is 0 Å². The van der Waals surface area contributed by atoms with Gasteiger partial charge in [-0.05, 0) is 87.1 Å². The number of rotatable bonds is 15. The molecule has 3 amide bonds. The topological polar surface area (TPSA) is 201 Å². The molecule has 16 heteroatoms. The number of sulfonamides is 1. The average molecular weight is 777 g/mol. The van der Waals surface area contributed by atoms with Crippen molar-refractivity contribution < 1.29 is 51.0 Å². The van der Waals surface area contributed by atoms with Crippen molar-refractivity contribution in [1.82, 2.24) is 16.0 Å². The summed E-state index contributed by atoms with van der Waals surface area (Å²) in [7, 11) is -2.64. The molecule has 1 saturated carbocycles. The summed E-state index contributed by atoms with van der Waals surface area (Å²) in [5, 5.41) is 18.1. The molecule has 4 N–H and O–H groups in total. The number of nitrogens with zero attached hydrogens (tertiary/aromatic N) is 1. The lowest BCUT2D eigenvalue weighted by molar-refractivity contribution is -0.141. The quantitative estimate of drug-likeness (QED) is 0.0571. The molecule has 0 radical (unpaired) electrons. The van der Waals surface area contributed by atoms with Crippen LogP contribution in [0.3, 0.4) is 0 Å². The highest BCUT2D eigenvalue weighted by atomic mass is 32.2. The molecule has 55 heavy (non-hydrogen) atoms. The zero-order chi connectivity index (χ0) is 40.2. The summed E-state index contributed by atoms with van der Waals surface area (Å²) in [6.45, 7) is 3.69. The lowest BCUT2D eigenvalue weighted by Crippen LogP contribution is -2.56. The van der Waals surface area contributed by atoms with E-state index in [1.54, 1.807) is 25.1 Å². The molecule has 290 valence electrons. The Bertz CT molecular complexity index is 2310. The van der Waals surface area contributed by atoms with Crippen LogP contribution < -0.4 is 20.3 Å². The van der Waals surface area contributed by atoms with Crippen molar-refractivity contribution in [3.8, 4) is 11.3 Å². The summed E-state index contributed by atoms with van der Waals surface area (Å²) in [4.78, 5) is 64.2. The van der Waals surface area contributed by atoms with E-state index in [0.29, 0.717) is 22.1 Å². The second kappa shape index (κ2) is 16.1. The number of anilines is 1. The molecular formula is C39H41FN4O10S. The summed E-state index contributed by atoms with van der Waals surface area (Å²) in [5.41, 5.74) is 0.654. The number of amides is 3. The van der Waals surface area contributed by atoms with E-state index in [1.807, 2.05) is 0 Å². The van der Waals surface area contributed by atoms with Gasteiger partial charge in [-0.2, -0.15) is 0 Å². The normalized spacial score (nSPS) is 13.2. The minimum Gasteiger partial charge on any atom is -0.502 e. The molecule has 0 spiro atoms. The number of halogens is 1. The fourth-order valence-corrected chi connectivity index (χ4v) is 6.77. The minimum absolute atomic E-state index is 0.0141. The Morgan fingerprint density at radius 3 is 2.36 bits per heavy atom. The fraction of sp³-hybridized carbons (Fsp3) is 0.308. The molecule has 0 saturated heterocycles. The Morgan fingerprint density at radius 1 is 1.05 bits per heavy atom. The predicted molar refractivity (Wildman–Crippen MR) is 201 cm³/mol. The molecule has 0 atom stereocenters. The number of fused-ring (bicyclic) bond motifs is 1. The number of aliphatic hydroxyl groups is 1. The molecule has 1 heterocycles. The van der Waals surface area contributed by atoms with Gasteiger partial charge in [0.05, 0.1) is 24.1 Å². The van der Waals surface area contributed by atoms with E-state index in [1.165, 1.54) is 63.4 Å². The third kappa shape index (κ3) is 9.38. The second-order valence-corrected chi connectivity index (χ2v) is 15.4. The van der Waals surface area contributed by atoms with Gasteiger partial charge >= 0.3 is 5.97 Å². The molecule has 1 aliphatic rings. The summed E-state index contributed by atoms with van der Waals surface area (Å²) < 4.78 is 52.1. The maximum Gasteiger partial charge on any atom is 0.373 e. The molecule has 1 aliphatic carbocycles. The number of hydrogen-bond acceptors (Lipinski definition) is 10. The Hall–Kier alpha value is -6.03. The maximum atomic E-state index is 13.7. The summed E-state index contributed by atoms with van der Waals surface area (Å²) in [6.07, 6.45) is 3.18. The third-order valence-electron chi connectivity index (χ3n) is 8.81. The number of carbonyl (C=O) groups excluding carboxylic acids is 5. The van der Waals surface area contributed by atoms with Crippen molar-refractivity contribution in [1.29, 1.82) is 0 Å². The number of nitrogens with one attached hydrogen (secondary N) is 3. The van der Waals surface area contributed by atoms with E-state index in [2.05, 4.69) is 20.7 Å². The van der Waals surface area contributed by atoms with Crippen LogP contribution in [0, 0.1) is 5.82 Å². The van der Waals surface area contributed by atoms with Gasteiger partial charge < -0.3 is 30.2 Å². The van der Waals surface area contributed by atoms with Gasteiger partial charge in [-0.3, -0.25) is 23.5 Å². The summed E-state index contributed by atoms with van der Waals surface area (Å²) in [6, 6.07) is 14.7. The first-order valence-corrected chi connectivity index (χ1v) is 19.1. The number of ketones is 1. The predicted octanol–water partition coefficient (Wildman–Crippen LogP) is 4.64. The number of benzene rings is 3. The van der Waals surface area contributed by atoms with Gasteiger partial charge in [0.2, 0.25) is 27.6 Å². The summed E-state index contributed by atoms with van der Waals surface area (Å²) in [5.74, 6) is -4.80. The van der Waals surface area contributed by atoms with Crippen molar-refractivity contribution in [3.05, 3.63) is 101 Å². The molecule has 1 fully saturated rings. The number of hydrogen-bond donors (Lipinski definition) is 4. The first-order chi connectivity index (χ1) is 25.9. The molecular weight excluding hydrogens is 736 g/mol. The number of carbonyl (C=O) groups is 5. The minimum atomic E-state index is -4.10. The van der Waals surface area contributed by atoms with Gasteiger partial charge in [0.1, 0.15) is 29.2 Å². The monoisotopic (exact) mass is 776 g/mol. The van der Waals surface area contributed by atoms with E-state index >= 15 is 0 Å². The van der Waals surface area contributed by atoms with Crippen LogP contribution in [0.15, 0.2) is 76.9 Å². The van der Waals surface area contributed by atoms with Crippen LogP contribution in [0.1, 0.15) is 71.4 Å². The molecule has 0 unspecified atom stereocenters. The molecule has 1 aromatic heterocycles. The van der Waals surface area contributed by atoms with Gasteiger partial charge in [-0.25, -0.2) is 17.6 Å². The molecule has 3 aromatic carbocycles. The number of ether oxygens (including phenoxy) is 1. The molecule has 14 nitrogen and oxygen atoms in total. The molecule has 5 rings (SSSR count). The maximum absolute atomic E-state index is 13.7. The fourth-order valence-electron chi connectivity index (χ4n) is 5.91. The van der Waals surface area contributed by atoms with E-state index in [4.69, 9.17) is 4.42 Å². The van der Waals surface area contributed by atoms with E-state index < -0.39 is 63.2 Å². The Labute approximate surface area is 316 Å². The first-order valence-electron chi connectivity index (χ1n) is 17.3. The third-order valence-corrected chi connectivity index (χ3v) is 9.93. The van der Waals surface area contributed by atoms with Crippen LogP contribution in [0.4, 0.5) is 10.1 Å². The average Bonchev–Trinajstić information content (AvgIpc) is 3.92. The molecule has 4 aromatic rings. The smallest absolute Gasteiger partial charge is 0.373 e. The van der Waals surface area contributed by atoms with E-state index in [0.717, 1.165) is 29.5 Å². The molecule has 0 aliphatic heterocycles. The SMILES string of the molecule is CCOC(=O)C(O)=CC(=O)c1cccc(CNC(=O)C(C)(C)NC(=O)CN(c2cc3oc(-c4ccc(F)cc4)c(C(=O)NC)c3cc2C2CC2)S(C)(=O)=O)c1. The van der Waals surface area contributed by atoms with Gasteiger partial charge in [0.15, 0.2) is 5.78 Å². The van der Waals surface area contributed by atoms with Crippen molar-refractivity contribution >= 4 is 56.2 Å². The standard InChI is InChI=1S/C39H41FN4O10S/c1-6-53-37(49)31(46)19-30(45)25-9-7-8-22(16-25)20-42-38(50)39(2,3)43-33(47)21-44(55(5,51)52)29-18-32-28(17-27(29)23-10-11-23)34(36(48)41-4)35(54-32)24-12-14-26(40)15-13-24/h7-9,12-19,23,46H,6,10-11,20-21H2,1-5H3,(H,41,48)(H,42,50)(H,43,47). The highest BCUT2D eigenvalue weighted by Crippen LogP contribution is 2.48. The lowest BCUT2D eigenvalue weighted by Gasteiger charge is -2.29. The Morgan fingerprint density at radius 2 is 1.75 bits per heavy atom. The van der Waals surface area contributed by atoms with Gasteiger partial charge in [-0.15, -0.1) is 0 Å². The highest BCUT2D eigenvalue weighted by molar-refractivity contribution is 7.92. The molecule has 0 bridgehead atoms. The number of furan rings is 1. The van der Waals surface area contributed by atoms with Crippen LogP contribution in [-0.2, 0) is 35.7 Å². The largest absolute Gasteiger partial charge is 0.502 e. The van der Waals surface area contributed by atoms with Crippen molar-refractivity contribution in [2.75, 3.05) is 30.8 Å². The van der Waals surface area contributed by atoms with Crippen LogP contribution in [0.2, 0.25) is 0 Å². The second-order valence-electron chi connectivity index (χ2n) is 13.5. The number of aliphatic hydroxyl groups excluding tert-OH is 1. The summed E-state index contributed by atoms with van der Waals surface area (Å²) >= 11 is 0. The zero-order valence-corrected chi connectivity index (χ0v) is 31.6. The van der Waals surface area contributed by atoms with Crippen molar-refractivity contribution in [2.24, 2.45) is 0 Å². The number of esters is 1. The van der Waals surface area contributed by atoms with Crippen molar-refractivity contribution in [2.45, 2.75) is 51.6 Å². The highest BCUT2D eigenvalue weighted by Gasteiger charge is 2.36. The van der Waals surface area contributed by atoms with Gasteiger partial charge in [0.25, 0.3) is 5.91 Å².